The third-order valence-electron chi connectivity index (χ3n) is 6.78. The van der Waals surface area contributed by atoms with E-state index in [1.54, 1.807) is 30.5 Å². The summed E-state index contributed by atoms with van der Waals surface area (Å²) in [6, 6.07) is 18.3. The fourth-order valence-electron chi connectivity index (χ4n) is 4.39. The second kappa shape index (κ2) is 17.2. The van der Waals surface area contributed by atoms with Crippen LogP contribution in [0.25, 0.3) is 11.1 Å². The average Bonchev–Trinajstić information content (AvgIpc) is 3.02. The third-order valence-corrected chi connectivity index (χ3v) is 7.75. The lowest BCUT2D eigenvalue weighted by atomic mass is 9.98. The molecule has 0 fully saturated rings. The Morgan fingerprint density at radius 3 is 2.15 bits per heavy atom. The Morgan fingerprint density at radius 1 is 0.872 bits per heavy atom. The van der Waals surface area contributed by atoms with Crippen molar-refractivity contribution in [3.8, 4) is 11.1 Å². The number of amides is 2. The van der Waals surface area contributed by atoms with E-state index in [-0.39, 0.29) is 18.4 Å². The molecule has 3 rings (SSSR count). The summed E-state index contributed by atoms with van der Waals surface area (Å²) in [5, 5.41) is 8.14. The predicted molar refractivity (Wildman–Crippen MR) is 167 cm³/mol. The van der Waals surface area contributed by atoms with Gasteiger partial charge in [-0.1, -0.05) is 60.7 Å². The quantitative estimate of drug-likeness (QED) is 0.115. The van der Waals surface area contributed by atoms with Crippen molar-refractivity contribution in [1.82, 2.24) is 15.6 Å². The van der Waals surface area contributed by atoms with E-state index >= 15 is 0 Å². The number of carbonyl (C=O) groups excluding carboxylic acids is 4. The van der Waals surface area contributed by atoms with Crippen LogP contribution in [0, 0.1) is 0 Å². The van der Waals surface area contributed by atoms with Crippen molar-refractivity contribution in [3.63, 3.8) is 0 Å². The Morgan fingerprint density at radius 2 is 1.53 bits per heavy atom. The number of unbranched alkanes of at least 4 members (excludes halogenated alkanes) is 1. The summed E-state index contributed by atoms with van der Waals surface area (Å²) in [6.07, 6.45) is -2.96. The summed E-state index contributed by atoms with van der Waals surface area (Å²) in [5.74, 6) is -5.47. The smallest absolute Gasteiger partial charge is 0.386 e. The number of carbonyl (C=O) groups is 4. The summed E-state index contributed by atoms with van der Waals surface area (Å²) in [6.45, 7) is 0.528. The number of anilines is 1. The molecule has 0 spiro atoms. The predicted octanol–water partition coefficient (Wildman–Crippen LogP) is 4.13. The van der Waals surface area contributed by atoms with Crippen LogP contribution in [0.2, 0.25) is 0 Å². The maximum atomic E-state index is 13.4. The lowest BCUT2D eigenvalue weighted by molar-refractivity contribution is -0.202. The topological polar surface area (TPSA) is 161 Å². The maximum absolute atomic E-state index is 13.4. The van der Waals surface area contributed by atoms with E-state index in [1.165, 1.54) is 12.1 Å². The Balaban J connectivity index is 1.72. The van der Waals surface area contributed by atoms with Crippen LogP contribution >= 0.6 is 0 Å². The molecule has 0 saturated heterocycles. The number of esters is 2. The molecule has 2 atom stereocenters. The van der Waals surface area contributed by atoms with Gasteiger partial charge in [-0.15, -0.1) is 0 Å². The average molecular weight is 677 g/mol. The van der Waals surface area contributed by atoms with Crippen LogP contribution in [-0.2, 0) is 33.8 Å². The van der Waals surface area contributed by atoms with Gasteiger partial charge in [-0.3, -0.25) is 14.4 Å². The first-order valence-electron chi connectivity index (χ1n) is 14.6. The van der Waals surface area contributed by atoms with Crippen molar-refractivity contribution >= 4 is 39.4 Å². The monoisotopic (exact) mass is 676 g/mol. The number of nitrogens with zero attached hydrogens (tertiary/aromatic N) is 1. The highest BCUT2D eigenvalue weighted by molar-refractivity contribution is 7.90. The van der Waals surface area contributed by atoms with Gasteiger partial charge in [0.2, 0.25) is 11.8 Å². The molecule has 0 bridgehead atoms. The number of halogens is 3. The van der Waals surface area contributed by atoms with Crippen LogP contribution in [0.3, 0.4) is 0 Å². The maximum Gasteiger partial charge on any atom is 0.491 e. The molecular weight excluding hydrogens is 641 g/mol. The van der Waals surface area contributed by atoms with E-state index in [4.69, 9.17) is 0 Å². The number of aromatic nitrogens is 1. The zero-order chi connectivity index (χ0) is 34.5. The van der Waals surface area contributed by atoms with Gasteiger partial charge in [0.25, 0.3) is 0 Å². The first-order valence-corrected chi connectivity index (χ1v) is 16.7. The molecule has 1 heterocycles. The number of rotatable bonds is 16. The first-order chi connectivity index (χ1) is 22.2. The molecule has 0 aliphatic carbocycles. The number of nitrogens with one attached hydrogen (secondary N) is 3. The highest BCUT2D eigenvalue weighted by Gasteiger charge is 2.42. The van der Waals surface area contributed by atoms with E-state index in [9.17, 15) is 40.8 Å². The van der Waals surface area contributed by atoms with E-state index < -0.39 is 64.0 Å². The Bertz CT molecular complexity index is 1610. The van der Waals surface area contributed by atoms with E-state index in [1.807, 2.05) is 36.4 Å². The van der Waals surface area contributed by atoms with Crippen molar-refractivity contribution in [2.24, 2.45) is 0 Å². The summed E-state index contributed by atoms with van der Waals surface area (Å²) in [4.78, 5) is 53.9. The lowest BCUT2D eigenvalue weighted by Crippen LogP contribution is -2.48. The van der Waals surface area contributed by atoms with Gasteiger partial charge in [0.15, 0.2) is 0 Å². The van der Waals surface area contributed by atoms with Gasteiger partial charge in [0.1, 0.15) is 21.7 Å². The number of sulfone groups is 1. The van der Waals surface area contributed by atoms with Crippen LogP contribution < -0.4 is 16.0 Å². The van der Waals surface area contributed by atoms with Crippen molar-refractivity contribution in [3.05, 3.63) is 84.6 Å². The summed E-state index contributed by atoms with van der Waals surface area (Å²) < 4.78 is 65.8. The number of hydrogen-bond donors (Lipinski definition) is 3. The summed E-state index contributed by atoms with van der Waals surface area (Å²) in [7, 11) is -3.56. The summed E-state index contributed by atoms with van der Waals surface area (Å²) in [5.41, 5.74) is 1.90. The Kier molecular flexibility index (Phi) is 13.4. The standard InChI is InChI=1S/C32H35F3N4O7S/c1-47(44,45)20-17-25(38-28(40)12-6-8-19-37-27-11-5-7-18-36-27)30(42)39-26(21-29(41)46-31(43)32(33,34)35)24-15-13-23(14-16-24)22-9-3-2-4-10-22/h2-5,7,9-11,13-16,18,25-26H,6,8,12,17,19-21H2,1H3,(H,36,37)(H,38,40)(H,39,42)/t25-,26?/m0/s1. The van der Waals surface area contributed by atoms with E-state index in [2.05, 4.69) is 25.7 Å². The molecular formula is C32H35F3N4O7S. The number of hydrogen-bond acceptors (Lipinski definition) is 9. The van der Waals surface area contributed by atoms with Crippen molar-refractivity contribution in [2.45, 2.75) is 50.4 Å². The Labute approximate surface area is 270 Å². The second-order valence-corrected chi connectivity index (χ2v) is 12.9. The first kappa shape index (κ1) is 36.7. The molecule has 0 aliphatic heterocycles. The zero-order valence-corrected chi connectivity index (χ0v) is 26.3. The molecule has 252 valence electrons. The highest BCUT2D eigenvalue weighted by atomic mass is 32.2. The fraction of sp³-hybridized carbons (Fsp3) is 0.344. The molecule has 2 amide bonds. The molecule has 3 aromatic rings. The summed E-state index contributed by atoms with van der Waals surface area (Å²) >= 11 is 0. The SMILES string of the molecule is CS(=O)(=O)CC[C@H](NC(=O)CCCCNc1ccccn1)C(=O)NC(CC(=O)OC(=O)C(F)(F)F)c1ccc(-c2ccccc2)cc1. The van der Waals surface area contributed by atoms with Crippen LogP contribution in [0.4, 0.5) is 19.0 Å². The number of alkyl halides is 3. The van der Waals surface area contributed by atoms with Gasteiger partial charge in [-0.2, -0.15) is 13.2 Å². The third kappa shape index (κ3) is 13.2. The number of benzene rings is 2. The molecule has 0 saturated carbocycles. The van der Waals surface area contributed by atoms with E-state index in [0.717, 1.165) is 17.4 Å². The molecule has 3 N–H and O–H groups in total. The highest BCUT2D eigenvalue weighted by Crippen LogP contribution is 2.25. The van der Waals surface area contributed by atoms with Crippen LogP contribution in [-0.4, -0.2) is 67.9 Å². The molecule has 47 heavy (non-hydrogen) atoms. The molecule has 11 nitrogen and oxygen atoms in total. The molecule has 1 aromatic heterocycles. The fourth-order valence-corrected chi connectivity index (χ4v) is 5.06. The largest absolute Gasteiger partial charge is 0.491 e. The van der Waals surface area contributed by atoms with Gasteiger partial charge in [-0.05, 0) is 48.1 Å². The number of pyridine rings is 1. The molecule has 2 aromatic carbocycles. The lowest BCUT2D eigenvalue weighted by Gasteiger charge is -2.24. The minimum absolute atomic E-state index is 0.0167. The molecule has 0 aliphatic rings. The molecule has 0 radical (unpaired) electrons. The second-order valence-electron chi connectivity index (χ2n) is 10.7. The van der Waals surface area contributed by atoms with Gasteiger partial charge in [-0.25, -0.2) is 18.2 Å². The van der Waals surface area contributed by atoms with Crippen LogP contribution in [0.1, 0.15) is 43.7 Å². The minimum Gasteiger partial charge on any atom is -0.386 e. The van der Waals surface area contributed by atoms with Crippen molar-refractivity contribution in [1.29, 1.82) is 0 Å². The molecule has 15 heteroatoms. The van der Waals surface area contributed by atoms with Crippen molar-refractivity contribution in [2.75, 3.05) is 23.9 Å². The van der Waals surface area contributed by atoms with Gasteiger partial charge >= 0.3 is 18.1 Å². The van der Waals surface area contributed by atoms with Crippen LogP contribution in [0.5, 0.6) is 0 Å². The van der Waals surface area contributed by atoms with Gasteiger partial charge in [0.05, 0.1) is 18.2 Å². The van der Waals surface area contributed by atoms with Gasteiger partial charge < -0.3 is 20.7 Å². The van der Waals surface area contributed by atoms with E-state index in [0.29, 0.717) is 25.2 Å². The van der Waals surface area contributed by atoms with Crippen molar-refractivity contribution < 1.29 is 45.5 Å². The van der Waals surface area contributed by atoms with Crippen LogP contribution in [0.15, 0.2) is 79.0 Å². The minimum atomic E-state index is -5.42. The van der Waals surface area contributed by atoms with Gasteiger partial charge in [0, 0.05) is 25.4 Å². The normalized spacial score (nSPS) is 12.8. The Hall–Kier alpha value is -4.79. The zero-order valence-electron chi connectivity index (χ0n) is 25.5. The number of ether oxygens (including phenoxy) is 1. The molecule has 1 unspecified atom stereocenters.